The van der Waals surface area contributed by atoms with Crippen LogP contribution in [0.2, 0.25) is 0 Å². The Balaban J connectivity index is 3.51. The molecule has 0 saturated heterocycles. The molecule has 0 saturated carbocycles. The SMILES string of the molecule is CCOc1cc(F)c(S(=O)(=O)Cl)cc1[N+](=O)[O-]. The molecule has 0 unspecified atom stereocenters. The van der Waals surface area contributed by atoms with Crippen molar-refractivity contribution in [3.63, 3.8) is 0 Å². The molecule has 0 aromatic heterocycles. The molecule has 0 bridgehead atoms. The van der Waals surface area contributed by atoms with Gasteiger partial charge in [-0.05, 0) is 6.92 Å². The van der Waals surface area contributed by atoms with E-state index < -0.39 is 30.4 Å². The van der Waals surface area contributed by atoms with E-state index in [0.717, 1.165) is 0 Å². The van der Waals surface area contributed by atoms with Crippen molar-refractivity contribution in [3.05, 3.63) is 28.1 Å². The van der Waals surface area contributed by atoms with Gasteiger partial charge in [0.2, 0.25) is 0 Å². The molecular weight excluding hydrogens is 277 g/mol. The summed E-state index contributed by atoms with van der Waals surface area (Å²) in [4.78, 5) is 8.82. The van der Waals surface area contributed by atoms with Gasteiger partial charge in [-0.25, -0.2) is 12.8 Å². The van der Waals surface area contributed by atoms with Gasteiger partial charge in [0.05, 0.1) is 11.5 Å². The lowest BCUT2D eigenvalue weighted by atomic mass is 10.3. The summed E-state index contributed by atoms with van der Waals surface area (Å²) < 4.78 is 40.1. The van der Waals surface area contributed by atoms with Gasteiger partial charge in [0, 0.05) is 22.8 Å². The Morgan fingerprint density at radius 1 is 1.53 bits per heavy atom. The lowest BCUT2D eigenvalue weighted by Gasteiger charge is -2.06. The first-order valence-corrected chi connectivity index (χ1v) is 6.63. The van der Waals surface area contributed by atoms with E-state index >= 15 is 0 Å². The molecule has 6 nitrogen and oxygen atoms in total. The third kappa shape index (κ3) is 3.04. The molecule has 0 amide bonds. The summed E-state index contributed by atoms with van der Waals surface area (Å²) in [5, 5.41) is 10.7. The van der Waals surface area contributed by atoms with Crippen LogP contribution in [0, 0.1) is 15.9 Å². The fourth-order valence-electron chi connectivity index (χ4n) is 1.13. The Bertz CT molecular complexity index is 559. The van der Waals surface area contributed by atoms with Gasteiger partial charge >= 0.3 is 5.69 Å². The highest BCUT2D eigenvalue weighted by Crippen LogP contribution is 2.33. The molecule has 17 heavy (non-hydrogen) atoms. The maximum absolute atomic E-state index is 13.3. The summed E-state index contributed by atoms with van der Waals surface area (Å²) in [6.07, 6.45) is 0. The topological polar surface area (TPSA) is 86.5 Å². The van der Waals surface area contributed by atoms with E-state index in [1.54, 1.807) is 6.92 Å². The van der Waals surface area contributed by atoms with E-state index in [4.69, 9.17) is 15.4 Å². The average Bonchev–Trinajstić information content (AvgIpc) is 2.15. The van der Waals surface area contributed by atoms with Crippen molar-refractivity contribution in [2.45, 2.75) is 11.8 Å². The predicted molar refractivity (Wildman–Crippen MR) is 57.3 cm³/mol. The van der Waals surface area contributed by atoms with Crippen LogP contribution in [0.25, 0.3) is 0 Å². The number of nitro groups is 1. The number of ether oxygens (including phenoxy) is 1. The molecule has 1 aromatic rings. The molecular formula is C8H7ClFNO5S. The first-order valence-electron chi connectivity index (χ1n) is 4.32. The van der Waals surface area contributed by atoms with Crippen LogP contribution in [0.5, 0.6) is 5.75 Å². The largest absolute Gasteiger partial charge is 0.487 e. The normalized spacial score (nSPS) is 11.2. The highest BCUT2D eigenvalue weighted by Gasteiger charge is 2.25. The monoisotopic (exact) mass is 283 g/mol. The first kappa shape index (κ1) is 13.7. The van der Waals surface area contributed by atoms with Gasteiger partial charge in [-0.1, -0.05) is 0 Å². The zero-order chi connectivity index (χ0) is 13.2. The summed E-state index contributed by atoms with van der Waals surface area (Å²) in [5.74, 6) is -1.55. The number of hydrogen-bond acceptors (Lipinski definition) is 5. The zero-order valence-corrected chi connectivity index (χ0v) is 10.1. The minimum absolute atomic E-state index is 0.0766. The maximum atomic E-state index is 13.3. The smallest absolute Gasteiger partial charge is 0.312 e. The molecule has 0 radical (unpaired) electrons. The fraction of sp³-hybridized carbons (Fsp3) is 0.250. The molecule has 0 aliphatic carbocycles. The van der Waals surface area contributed by atoms with Crippen molar-refractivity contribution >= 4 is 25.4 Å². The number of nitro benzene ring substituents is 1. The second kappa shape index (κ2) is 4.84. The Morgan fingerprint density at radius 3 is 2.53 bits per heavy atom. The molecule has 0 heterocycles. The highest BCUT2D eigenvalue weighted by atomic mass is 35.7. The van der Waals surface area contributed by atoms with Crippen molar-refractivity contribution in [2.24, 2.45) is 0 Å². The number of benzene rings is 1. The highest BCUT2D eigenvalue weighted by molar-refractivity contribution is 8.13. The summed E-state index contributed by atoms with van der Waals surface area (Å²) in [7, 11) is 0.555. The van der Waals surface area contributed by atoms with Gasteiger partial charge in [-0.2, -0.15) is 0 Å². The van der Waals surface area contributed by atoms with Crippen LogP contribution in [0.15, 0.2) is 17.0 Å². The molecule has 1 aromatic carbocycles. The molecule has 0 N–H and O–H groups in total. The van der Waals surface area contributed by atoms with Crippen LogP contribution in [0.4, 0.5) is 10.1 Å². The lowest BCUT2D eigenvalue weighted by molar-refractivity contribution is -0.386. The van der Waals surface area contributed by atoms with Crippen LogP contribution in [0.1, 0.15) is 6.92 Å². The number of nitrogens with zero attached hydrogens (tertiary/aromatic N) is 1. The first-order chi connectivity index (χ1) is 7.77. The lowest BCUT2D eigenvalue weighted by Crippen LogP contribution is -2.02. The van der Waals surface area contributed by atoms with E-state index in [0.29, 0.717) is 12.1 Å². The second-order valence-electron chi connectivity index (χ2n) is 2.88. The van der Waals surface area contributed by atoms with E-state index in [9.17, 15) is 22.9 Å². The zero-order valence-electron chi connectivity index (χ0n) is 8.51. The van der Waals surface area contributed by atoms with Gasteiger partial charge in [0.15, 0.2) is 5.75 Å². The summed E-state index contributed by atoms with van der Waals surface area (Å²) in [5.41, 5.74) is -0.660. The Kier molecular flexibility index (Phi) is 3.89. The van der Waals surface area contributed by atoms with Gasteiger partial charge < -0.3 is 4.74 Å². The second-order valence-corrected chi connectivity index (χ2v) is 5.41. The predicted octanol–water partition coefficient (Wildman–Crippen LogP) is 2.06. The van der Waals surface area contributed by atoms with E-state index in [-0.39, 0.29) is 12.4 Å². The molecule has 0 spiro atoms. The van der Waals surface area contributed by atoms with Gasteiger partial charge in [0.1, 0.15) is 10.7 Å². The quantitative estimate of drug-likeness (QED) is 0.479. The van der Waals surface area contributed by atoms with Crippen molar-refractivity contribution in [1.82, 2.24) is 0 Å². The number of halogens is 2. The van der Waals surface area contributed by atoms with Crippen molar-refractivity contribution < 1.29 is 22.5 Å². The molecule has 9 heteroatoms. The van der Waals surface area contributed by atoms with Crippen molar-refractivity contribution in [2.75, 3.05) is 6.61 Å². The third-order valence-electron chi connectivity index (χ3n) is 1.77. The summed E-state index contributed by atoms with van der Waals surface area (Å²) in [6.45, 7) is 1.63. The number of rotatable bonds is 4. The Morgan fingerprint density at radius 2 is 2.12 bits per heavy atom. The van der Waals surface area contributed by atoms with Crippen LogP contribution < -0.4 is 4.74 Å². The third-order valence-corrected chi connectivity index (χ3v) is 3.11. The Hall–Kier alpha value is -1.41. The van der Waals surface area contributed by atoms with Crippen LogP contribution in [0.3, 0.4) is 0 Å². The maximum Gasteiger partial charge on any atom is 0.312 e. The summed E-state index contributed by atoms with van der Waals surface area (Å²) >= 11 is 0. The fourth-order valence-corrected chi connectivity index (χ4v) is 2.02. The minimum atomic E-state index is -4.38. The molecule has 0 aliphatic heterocycles. The average molecular weight is 284 g/mol. The molecule has 94 valence electrons. The summed E-state index contributed by atoms with van der Waals surface area (Å²) in [6, 6.07) is 1.15. The number of hydrogen-bond donors (Lipinski definition) is 0. The Labute approximate surface area is 101 Å². The van der Waals surface area contributed by atoms with Crippen molar-refractivity contribution in [3.8, 4) is 5.75 Å². The van der Waals surface area contributed by atoms with Crippen LogP contribution in [-0.2, 0) is 9.05 Å². The van der Waals surface area contributed by atoms with Gasteiger partial charge in [-0.3, -0.25) is 10.1 Å². The van der Waals surface area contributed by atoms with Gasteiger partial charge in [-0.15, -0.1) is 0 Å². The van der Waals surface area contributed by atoms with Crippen LogP contribution >= 0.6 is 10.7 Å². The van der Waals surface area contributed by atoms with Crippen LogP contribution in [-0.4, -0.2) is 19.9 Å². The minimum Gasteiger partial charge on any atom is -0.487 e. The van der Waals surface area contributed by atoms with E-state index in [2.05, 4.69) is 0 Å². The molecule has 1 rings (SSSR count). The molecule has 0 atom stereocenters. The molecule has 0 aliphatic rings. The molecule has 0 fully saturated rings. The van der Waals surface area contributed by atoms with E-state index in [1.165, 1.54) is 0 Å². The van der Waals surface area contributed by atoms with E-state index in [1.807, 2.05) is 0 Å². The van der Waals surface area contributed by atoms with Gasteiger partial charge in [0.25, 0.3) is 9.05 Å². The van der Waals surface area contributed by atoms with Crippen molar-refractivity contribution in [1.29, 1.82) is 0 Å². The standard InChI is InChI=1S/C8H7ClFNO5S/c1-2-16-7-3-5(10)8(17(9,14)15)4-6(7)11(12)13/h3-4H,2H2,1H3.